The van der Waals surface area contributed by atoms with Gasteiger partial charge in [0.15, 0.2) is 0 Å². The Balaban J connectivity index is 1.83. The van der Waals surface area contributed by atoms with Gasteiger partial charge in [0, 0.05) is 31.1 Å². The molecule has 1 fully saturated rings. The maximum atomic E-state index is 12.0. The zero-order chi connectivity index (χ0) is 15.2. The lowest BCUT2D eigenvalue weighted by Crippen LogP contribution is -2.50. The first-order chi connectivity index (χ1) is 10.1. The van der Waals surface area contributed by atoms with E-state index in [1.807, 2.05) is 6.07 Å². The summed E-state index contributed by atoms with van der Waals surface area (Å²) in [6.45, 7) is 3.96. The molecule has 2 N–H and O–H groups in total. The van der Waals surface area contributed by atoms with Crippen LogP contribution in [0.3, 0.4) is 0 Å². The van der Waals surface area contributed by atoms with Crippen LogP contribution in [0.4, 0.5) is 5.69 Å². The molecule has 0 spiro atoms. The van der Waals surface area contributed by atoms with Crippen LogP contribution in [0.2, 0.25) is 0 Å². The Morgan fingerprint density at radius 2 is 2.33 bits per heavy atom. The molecule has 6 heteroatoms. The minimum atomic E-state index is -0.418. The third kappa shape index (κ3) is 4.53. The van der Waals surface area contributed by atoms with Gasteiger partial charge < -0.3 is 10.6 Å². The summed E-state index contributed by atoms with van der Waals surface area (Å²) < 4.78 is 0. The van der Waals surface area contributed by atoms with E-state index < -0.39 is 4.92 Å². The molecule has 1 aromatic carbocycles. The molecule has 2 atom stereocenters. The summed E-state index contributed by atoms with van der Waals surface area (Å²) in [6, 6.07) is 6.62. The second-order valence-electron chi connectivity index (χ2n) is 5.57. The van der Waals surface area contributed by atoms with E-state index in [2.05, 4.69) is 17.6 Å². The molecule has 1 aliphatic rings. The van der Waals surface area contributed by atoms with Crippen LogP contribution < -0.4 is 10.6 Å². The molecule has 1 saturated heterocycles. The van der Waals surface area contributed by atoms with Crippen molar-refractivity contribution >= 4 is 11.6 Å². The fourth-order valence-corrected chi connectivity index (χ4v) is 2.55. The topological polar surface area (TPSA) is 84.3 Å². The zero-order valence-electron chi connectivity index (χ0n) is 12.2. The van der Waals surface area contributed by atoms with Crippen molar-refractivity contribution < 1.29 is 9.72 Å². The lowest BCUT2D eigenvalue weighted by Gasteiger charge is -2.30. The van der Waals surface area contributed by atoms with Crippen LogP contribution in [0.25, 0.3) is 0 Å². The number of carbonyl (C=O) groups is 1. The average Bonchev–Trinajstić information content (AvgIpc) is 2.48. The molecule has 0 aliphatic carbocycles. The van der Waals surface area contributed by atoms with Gasteiger partial charge >= 0.3 is 0 Å². The van der Waals surface area contributed by atoms with Gasteiger partial charge in [-0.05, 0) is 30.9 Å². The van der Waals surface area contributed by atoms with Crippen LogP contribution in [0.15, 0.2) is 24.3 Å². The lowest BCUT2D eigenvalue weighted by molar-refractivity contribution is -0.384. The van der Waals surface area contributed by atoms with Gasteiger partial charge in [-0.25, -0.2) is 0 Å². The molecule has 0 saturated carbocycles. The molecule has 1 amide bonds. The Morgan fingerprint density at radius 3 is 3.05 bits per heavy atom. The van der Waals surface area contributed by atoms with Crippen molar-refractivity contribution in [2.75, 3.05) is 13.1 Å². The number of amides is 1. The van der Waals surface area contributed by atoms with Gasteiger partial charge in [-0.2, -0.15) is 0 Å². The highest BCUT2D eigenvalue weighted by Crippen LogP contribution is 2.15. The maximum absolute atomic E-state index is 12.0. The van der Waals surface area contributed by atoms with Crippen molar-refractivity contribution in [3.63, 3.8) is 0 Å². The minimum Gasteiger partial charge on any atom is -0.352 e. The predicted octanol–water partition coefficient (Wildman–Crippen LogP) is 1.64. The highest BCUT2D eigenvalue weighted by Gasteiger charge is 2.22. The van der Waals surface area contributed by atoms with E-state index in [1.165, 1.54) is 12.1 Å². The number of nitro groups is 1. The first kappa shape index (κ1) is 15.4. The summed E-state index contributed by atoms with van der Waals surface area (Å²) in [5, 5.41) is 17.0. The Labute approximate surface area is 124 Å². The smallest absolute Gasteiger partial charge is 0.269 e. The molecular formula is C15H21N3O3. The van der Waals surface area contributed by atoms with Gasteiger partial charge in [0.1, 0.15) is 0 Å². The third-order valence-corrected chi connectivity index (χ3v) is 3.94. The van der Waals surface area contributed by atoms with Crippen molar-refractivity contribution in [2.24, 2.45) is 5.92 Å². The molecule has 0 bridgehead atoms. The largest absolute Gasteiger partial charge is 0.352 e. The van der Waals surface area contributed by atoms with E-state index >= 15 is 0 Å². The molecule has 21 heavy (non-hydrogen) atoms. The summed E-state index contributed by atoms with van der Waals surface area (Å²) in [4.78, 5) is 22.3. The molecule has 1 heterocycles. The Morgan fingerprint density at radius 1 is 1.52 bits per heavy atom. The van der Waals surface area contributed by atoms with E-state index in [0.29, 0.717) is 18.8 Å². The maximum Gasteiger partial charge on any atom is 0.269 e. The number of hydrogen-bond acceptors (Lipinski definition) is 4. The van der Waals surface area contributed by atoms with Crippen LogP contribution in [-0.4, -0.2) is 30.0 Å². The number of carbonyl (C=O) groups excluding carboxylic acids is 1. The van der Waals surface area contributed by atoms with Crippen LogP contribution in [0, 0.1) is 16.0 Å². The summed E-state index contributed by atoms with van der Waals surface area (Å²) in [5.41, 5.74) is 0.882. The monoisotopic (exact) mass is 291 g/mol. The van der Waals surface area contributed by atoms with E-state index in [4.69, 9.17) is 0 Å². The fraction of sp³-hybridized carbons (Fsp3) is 0.533. The van der Waals surface area contributed by atoms with Gasteiger partial charge in [0.2, 0.25) is 5.91 Å². The summed E-state index contributed by atoms with van der Waals surface area (Å²) >= 11 is 0. The van der Waals surface area contributed by atoms with Crippen molar-refractivity contribution in [3.8, 4) is 0 Å². The van der Waals surface area contributed by atoms with Crippen molar-refractivity contribution in [2.45, 2.75) is 32.2 Å². The van der Waals surface area contributed by atoms with Gasteiger partial charge in [0.05, 0.1) is 4.92 Å². The molecule has 6 nitrogen and oxygen atoms in total. The first-order valence-electron chi connectivity index (χ1n) is 7.29. The highest BCUT2D eigenvalue weighted by molar-refractivity contribution is 5.76. The number of nitro benzene ring substituents is 1. The van der Waals surface area contributed by atoms with Gasteiger partial charge in [-0.3, -0.25) is 14.9 Å². The van der Waals surface area contributed by atoms with Crippen LogP contribution >= 0.6 is 0 Å². The summed E-state index contributed by atoms with van der Waals surface area (Å²) in [5.74, 6) is 0.482. The average molecular weight is 291 g/mol. The molecule has 2 unspecified atom stereocenters. The zero-order valence-corrected chi connectivity index (χ0v) is 12.2. The Bertz CT molecular complexity index is 519. The number of rotatable bonds is 5. The van der Waals surface area contributed by atoms with Gasteiger partial charge in [-0.1, -0.05) is 19.1 Å². The molecule has 2 rings (SSSR count). The number of non-ortho nitro benzene ring substituents is 1. The number of nitrogens with one attached hydrogen (secondary N) is 2. The minimum absolute atomic E-state index is 0.00190. The molecular weight excluding hydrogens is 270 g/mol. The Kier molecular flexibility index (Phi) is 5.27. The number of nitrogens with zero attached hydrogens (tertiary/aromatic N) is 1. The molecule has 1 aromatic rings. The van der Waals surface area contributed by atoms with Crippen molar-refractivity contribution in [1.82, 2.24) is 10.6 Å². The second-order valence-corrected chi connectivity index (χ2v) is 5.57. The molecule has 0 aromatic heterocycles. The number of piperidine rings is 1. The third-order valence-electron chi connectivity index (χ3n) is 3.94. The normalized spacial score (nSPS) is 21.8. The Hall–Kier alpha value is -1.95. The van der Waals surface area contributed by atoms with E-state index in [0.717, 1.165) is 25.1 Å². The first-order valence-corrected chi connectivity index (χ1v) is 7.29. The number of benzene rings is 1. The van der Waals surface area contributed by atoms with Gasteiger partial charge in [0.25, 0.3) is 5.69 Å². The van der Waals surface area contributed by atoms with E-state index in [9.17, 15) is 14.9 Å². The molecule has 1 aliphatic heterocycles. The second kappa shape index (κ2) is 7.17. The fourth-order valence-electron chi connectivity index (χ4n) is 2.55. The number of aryl methyl sites for hydroxylation is 1. The standard InChI is InChI=1S/C15H21N3O3/c1-11-7-8-16-10-14(11)17-15(19)6-5-12-3-2-4-13(9-12)18(20)21/h2-4,9,11,14,16H,5-8,10H2,1H3,(H,17,19). The SMILES string of the molecule is CC1CCNCC1NC(=O)CCc1cccc([N+](=O)[O-])c1. The number of hydrogen-bond donors (Lipinski definition) is 2. The van der Waals surface area contributed by atoms with E-state index in [-0.39, 0.29) is 17.6 Å². The predicted molar refractivity (Wildman–Crippen MR) is 80.0 cm³/mol. The van der Waals surface area contributed by atoms with Gasteiger partial charge in [-0.15, -0.1) is 0 Å². The van der Waals surface area contributed by atoms with Crippen LogP contribution in [-0.2, 0) is 11.2 Å². The van der Waals surface area contributed by atoms with Crippen LogP contribution in [0.5, 0.6) is 0 Å². The quantitative estimate of drug-likeness (QED) is 0.638. The summed E-state index contributed by atoms with van der Waals surface area (Å²) in [7, 11) is 0. The molecule has 114 valence electrons. The summed E-state index contributed by atoms with van der Waals surface area (Å²) in [6.07, 6.45) is 1.93. The van der Waals surface area contributed by atoms with E-state index in [1.54, 1.807) is 6.07 Å². The van der Waals surface area contributed by atoms with Crippen molar-refractivity contribution in [3.05, 3.63) is 39.9 Å². The van der Waals surface area contributed by atoms with Crippen molar-refractivity contribution in [1.29, 1.82) is 0 Å². The lowest BCUT2D eigenvalue weighted by atomic mass is 9.94. The van der Waals surface area contributed by atoms with Crippen LogP contribution in [0.1, 0.15) is 25.3 Å². The molecule has 0 radical (unpaired) electrons. The highest BCUT2D eigenvalue weighted by atomic mass is 16.6.